The molecular weight excluding hydrogens is 188 g/mol. The fraction of sp³-hybridized carbons (Fsp3) is 1.00. The molecule has 1 nitrogen and oxygen atoms in total. The summed E-state index contributed by atoms with van der Waals surface area (Å²) in [6.45, 7) is 1.94. The molecule has 0 aromatic heterocycles. The van der Waals surface area contributed by atoms with Gasteiger partial charge < -0.3 is 4.74 Å². The number of hydrogen-bond donors (Lipinski definition) is 1. The van der Waals surface area contributed by atoms with Crippen LogP contribution in [0.4, 0.5) is 0 Å². The molecule has 0 saturated carbocycles. The second-order valence-electron chi connectivity index (χ2n) is 1.82. The fourth-order valence-electron chi connectivity index (χ4n) is 0.277. The first kappa shape index (κ1) is 8.79. The van der Waals surface area contributed by atoms with Gasteiger partial charge in [0.25, 0.3) is 0 Å². The summed E-state index contributed by atoms with van der Waals surface area (Å²) < 4.78 is 5.01. The zero-order chi connectivity index (χ0) is 6.62. The van der Waals surface area contributed by atoms with Crippen LogP contribution in [0, 0.1) is 0 Å². The molecule has 0 saturated heterocycles. The standard InChI is InChI=1S/C5H11BrOS/c1-5(8,7-2)3-4-6/h8H,3-4H2,1-2H3. The Labute approximate surface area is 64.3 Å². The Balaban J connectivity index is 3.37. The lowest BCUT2D eigenvalue weighted by molar-refractivity contribution is 0.0873. The van der Waals surface area contributed by atoms with Crippen LogP contribution in [-0.4, -0.2) is 17.4 Å². The lowest BCUT2D eigenvalue weighted by atomic mass is 10.3. The highest BCUT2D eigenvalue weighted by atomic mass is 79.9. The number of thiol groups is 1. The highest BCUT2D eigenvalue weighted by Crippen LogP contribution is 2.19. The summed E-state index contributed by atoms with van der Waals surface area (Å²) in [7, 11) is 1.66. The van der Waals surface area contributed by atoms with E-state index >= 15 is 0 Å². The van der Waals surface area contributed by atoms with Crippen LogP contribution in [0.2, 0.25) is 0 Å². The number of ether oxygens (including phenoxy) is 1. The molecule has 0 aliphatic rings. The third-order valence-corrected chi connectivity index (χ3v) is 1.80. The molecule has 0 bridgehead atoms. The third-order valence-electron chi connectivity index (χ3n) is 0.998. The number of methoxy groups -OCH3 is 1. The van der Waals surface area contributed by atoms with Crippen molar-refractivity contribution < 1.29 is 4.74 Å². The summed E-state index contributed by atoms with van der Waals surface area (Å²) in [6.07, 6.45) is 0.923. The molecule has 0 spiro atoms. The molecule has 0 N–H and O–H groups in total. The van der Waals surface area contributed by atoms with E-state index in [0.717, 1.165) is 11.8 Å². The normalized spacial score (nSPS) is 18.0. The molecule has 0 aromatic rings. The summed E-state index contributed by atoms with van der Waals surface area (Å²) in [5.74, 6) is 0. The fourth-order valence-corrected chi connectivity index (χ4v) is 1.45. The molecule has 0 rings (SSSR count). The van der Waals surface area contributed by atoms with Crippen LogP contribution in [0.3, 0.4) is 0 Å². The van der Waals surface area contributed by atoms with Crippen LogP contribution in [0.1, 0.15) is 13.3 Å². The Morgan fingerprint density at radius 2 is 2.25 bits per heavy atom. The van der Waals surface area contributed by atoms with Gasteiger partial charge in [0.2, 0.25) is 0 Å². The molecule has 0 aliphatic carbocycles. The highest BCUT2D eigenvalue weighted by molar-refractivity contribution is 9.09. The van der Waals surface area contributed by atoms with Crippen molar-refractivity contribution in [2.45, 2.75) is 18.3 Å². The first-order chi connectivity index (χ1) is 3.62. The minimum atomic E-state index is -0.260. The maximum Gasteiger partial charge on any atom is 0.108 e. The van der Waals surface area contributed by atoms with Crippen molar-refractivity contribution in [3.05, 3.63) is 0 Å². The minimum absolute atomic E-state index is 0.260. The van der Waals surface area contributed by atoms with E-state index in [2.05, 4.69) is 28.6 Å². The van der Waals surface area contributed by atoms with Crippen molar-refractivity contribution in [1.29, 1.82) is 0 Å². The van der Waals surface area contributed by atoms with Gasteiger partial charge in [0.05, 0.1) is 0 Å². The Morgan fingerprint density at radius 1 is 1.75 bits per heavy atom. The van der Waals surface area contributed by atoms with Crippen molar-refractivity contribution in [3.8, 4) is 0 Å². The number of hydrogen-bond acceptors (Lipinski definition) is 2. The molecule has 1 unspecified atom stereocenters. The predicted molar refractivity (Wildman–Crippen MR) is 42.8 cm³/mol. The first-order valence-corrected chi connectivity index (χ1v) is 4.03. The first-order valence-electron chi connectivity index (χ1n) is 2.46. The summed E-state index contributed by atoms with van der Waals surface area (Å²) in [5.41, 5.74) is 0. The summed E-state index contributed by atoms with van der Waals surface area (Å²) in [4.78, 5) is -0.260. The molecule has 0 heterocycles. The monoisotopic (exact) mass is 198 g/mol. The quantitative estimate of drug-likeness (QED) is 0.416. The van der Waals surface area contributed by atoms with Gasteiger partial charge in [0, 0.05) is 12.4 Å². The average molecular weight is 199 g/mol. The van der Waals surface area contributed by atoms with Crippen LogP contribution >= 0.6 is 28.6 Å². The van der Waals surface area contributed by atoms with Gasteiger partial charge in [-0.05, 0) is 13.3 Å². The van der Waals surface area contributed by atoms with Gasteiger partial charge in [-0.1, -0.05) is 15.9 Å². The van der Waals surface area contributed by atoms with Crippen molar-refractivity contribution in [3.63, 3.8) is 0 Å². The van der Waals surface area contributed by atoms with E-state index in [1.165, 1.54) is 0 Å². The lowest BCUT2D eigenvalue weighted by Crippen LogP contribution is -2.19. The SMILES string of the molecule is COC(C)(S)CCBr. The Bertz CT molecular complexity index is 65.4. The van der Waals surface area contributed by atoms with E-state index in [1.54, 1.807) is 7.11 Å². The van der Waals surface area contributed by atoms with E-state index in [9.17, 15) is 0 Å². The second kappa shape index (κ2) is 3.75. The van der Waals surface area contributed by atoms with Gasteiger partial charge in [0.15, 0.2) is 0 Å². The molecule has 0 aliphatic heterocycles. The molecular formula is C5H11BrOS. The van der Waals surface area contributed by atoms with E-state index < -0.39 is 0 Å². The molecule has 0 amide bonds. The topological polar surface area (TPSA) is 9.23 Å². The summed E-state index contributed by atoms with van der Waals surface area (Å²) >= 11 is 7.51. The maximum absolute atomic E-state index is 5.01. The van der Waals surface area contributed by atoms with Crippen molar-refractivity contribution in [1.82, 2.24) is 0 Å². The Kier molecular flexibility index (Phi) is 4.12. The van der Waals surface area contributed by atoms with Gasteiger partial charge in [0.1, 0.15) is 4.93 Å². The van der Waals surface area contributed by atoms with E-state index in [1.807, 2.05) is 6.92 Å². The lowest BCUT2D eigenvalue weighted by Gasteiger charge is -2.19. The molecule has 50 valence electrons. The molecule has 0 radical (unpaired) electrons. The second-order valence-corrected chi connectivity index (χ2v) is 3.56. The minimum Gasteiger partial charge on any atom is -0.368 e. The van der Waals surface area contributed by atoms with Crippen LogP contribution in [0.5, 0.6) is 0 Å². The van der Waals surface area contributed by atoms with Gasteiger partial charge in [-0.3, -0.25) is 0 Å². The Hall–Kier alpha value is 0.790. The average Bonchev–Trinajstić information content (AvgIpc) is 1.67. The largest absolute Gasteiger partial charge is 0.368 e. The zero-order valence-corrected chi connectivity index (χ0v) is 7.63. The van der Waals surface area contributed by atoms with Gasteiger partial charge in [-0.15, -0.1) is 12.6 Å². The van der Waals surface area contributed by atoms with Gasteiger partial charge >= 0.3 is 0 Å². The van der Waals surface area contributed by atoms with Gasteiger partial charge in [-0.2, -0.15) is 0 Å². The molecule has 8 heavy (non-hydrogen) atoms. The van der Waals surface area contributed by atoms with E-state index in [4.69, 9.17) is 4.74 Å². The molecule has 0 aromatic carbocycles. The number of rotatable bonds is 3. The van der Waals surface area contributed by atoms with Crippen molar-refractivity contribution >= 4 is 28.6 Å². The van der Waals surface area contributed by atoms with E-state index in [0.29, 0.717) is 0 Å². The summed E-state index contributed by atoms with van der Waals surface area (Å²) in [6, 6.07) is 0. The molecule has 1 atom stereocenters. The zero-order valence-electron chi connectivity index (χ0n) is 5.15. The van der Waals surface area contributed by atoms with Crippen LogP contribution in [0.25, 0.3) is 0 Å². The highest BCUT2D eigenvalue weighted by Gasteiger charge is 2.14. The number of halogens is 1. The van der Waals surface area contributed by atoms with Crippen LogP contribution in [-0.2, 0) is 4.74 Å². The maximum atomic E-state index is 5.01. The van der Waals surface area contributed by atoms with Gasteiger partial charge in [-0.25, -0.2) is 0 Å². The van der Waals surface area contributed by atoms with Crippen LogP contribution in [0.15, 0.2) is 0 Å². The van der Waals surface area contributed by atoms with E-state index in [-0.39, 0.29) is 4.93 Å². The third kappa shape index (κ3) is 3.75. The van der Waals surface area contributed by atoms with Crippen LogP contribution < -0.4 is 0 Å². The van der Waals surface area contributed by atoms with Crippen molar-refractivity contribution in [2.24, 2.45) is 0 Å². The number of alkyl halides is 1. The van der Waals surface area contributed by atoms with Crippen molar-refractivity contribution in [2.75, 3.05) is 12.4 Å². The smallest absolute Gasteiger partial charge is 0.108 e. The Morgan fingerprint density at radius 3 is 2.38 bits per heavy atom. The summed E-state index contributed by atoms with van der Waals surface area (Å²) in [5, 5.41) is 0.931. The molecule has 0 fully saturated rings. The predicted octanol–water partition coefficient (Wildman–Crippen LogP) is 2.06. The molecule has 3 heteroatoms.